The van der Waals surface area contributed by atoms with Crippen LogP contribution < -0.4 is 5.32 Å². The highest BCUT2D eigenvalue weighted by Crippen LogP contribution is 2.30. The molecule has 0 bridgehead atoms. The van der Waals surface area contributed by atoms with Crippen molar-refractivity contribution in [2.75, 3.05) is 46.9 Å². The van der Waals surface area contributed by atoms with Crippen molar-refractivity contribution in [1.82, 2.24) is 10.2 Å². The summed E-state index contributed by atoms with van der Waals surface area (Å²) in [5.41, 5.74) is 0.377. The zero-order chi connectivity index (χ0) is 12.7. The summed E-state index contributed by atoms with van der Waals surface area (Å²) in [6.45, 7) is 10.2. The molecular weight excluding hydrogens is 212 g/mol. The lowest BCUT2D eigenvalue weighted by molar-refractivity contribution is 0.0257. The van der Waals surface area contributed by atoms with Crippen molar-refractivity contribution in [1.29, 1.82) is 0 Å². The lowest BCUT2D eigenvalue weighted by Gasteiger charge is -2.40. The third kappa shape index (κ3) is 4.94. The first kappa shape index (κ1) is 14.9. The van der Waals surface area contributed by atoms with Gasteiger partial charge in [-0.1, -0.05) is 20.3 Å². The average molecular weight is 242 g/mol. The van der Waals surface area contributed by atoms with Gasteiger partial charge in [0.2, 0.25) is 0 Å². The number of ether oxygens (including phenoxy) is 1. The molecule has 1 heterocycles. The molecule has 1 unspecified atom stereocenters. The minimum atomic E-state index is 0.377. The lowest BCUT2D eigenvalue weighted by atomic mass is 9.79. The van der Waals surface area contributed by atoms with Crippen molar-refractivity contribution in [2.45, 2.75) is 33.1 Å². The number of rotatable bonds is 7. The molecule has 1 N–H and O–H groups in total. The van der Waals surface area contributed by atoms with Gasteiger partial charge in [-0.15, -0.1) is 0 Å². The van der Waals surface area contributed by atoms with E-state index in [1.807, 2.05) is 7.11 Å². The van der Waals surface area contributed by atoms with Gasteiger partial charge in [-0.2, -0.15) is 0 Å². The van der Waals surface area contributed by atoms with E-state index >= 15 is 0 Å². The maximum atomic E-state index is 5.46. The van der Waals surface area contributed by atoms with Gasteiger partial charge in [-0.3, -0.25) is 0 Å². The van der Waals surface area contributed by atoms with Gasteiger partial charge >= 0.3 is 0 Å². The fourth-order valence-electron chi connectivity index (χ4n) is 2.91. The van der Waals surface area contributed by atoms with Gasteiger partial charge in [-0.25, -0.2) is 0 Å². The number of nitrogens with one attached hydrogen (secondary N) is 1. The van der Waals surface area contributed by atoms with E-state index < -0.39 is 0 Å². The minimum absolute atomic E-state index is 0.377. The lowest BCUT2D eigenvalue weighted by Crippen LogP contribution is -2.47. The van der Waals surface area contributed by atoms with Gasteiger partial charge in [-0.05, 0) is 38.9 Å². The molecule has 0 aromatic carbocycles. The van der Waals surface area contributed by atoms with Crippen molar-refractivity contribution >= 4 is 0 Å². The second-order valence-corrected chi connectivity index (χ2v) is 5.89. The molecule has 3 heteroatoms. The predicted octanol–water partition coefficient (Wildman–Crippen LogP) is 1.98. The zero-order valence-electron chi connectivity index (χ0n) is 12.1. The van der Waals surface area contributed by atoms with Crippen LogP contribution in [0.1, 0.15) is 33.1 Å². The summed E-state index contributed by atoms with van der Waals surface area (Å²) in [4.78, 5) is 2.50. The Morgan fingerprint density at radius 3 is 2.53 bits per heavy atom. The summed E-state index contributed by atoms with van der Waals surface area (Å²) in [6.07, 6.45) is 3.75. The maximum absolute atomic E-state index is 5.46. The Kier molecular flexibility index (Phi) is 6.45. The summed E-state index contributed by atoms with van der Waals surface area (Å²) in [5.74, 6) is 0.793. The van der Waals surface area contributed by atoms with Crippen molar-refractivity contribution in [2.24, 2.45) is 11.3 Å². The van der Waals surface area contributed by atoms with E-state index in [0.29, 0.717) is 5.41 Å². The molecule has 17 heavy (non-hydrogen) atoms. The Morgan fingerprint density at radius 2 is 2.00 bits per heavy atom. The van der Waals surface area contributed by atoms with Crippen LogP contribution in [0, 0.1) is 11.3 Å². The van der Waals surface area contributed by atoms with Crippen LogP contribution in [0.5, 0.6) is 0 Å². The predicted molar refractivity (Wildman–Crippen MR) is 73.4 cm³/mol. The highest BCUT2D eigenvalue weighted by molar-refractivity contribution is 4.87. The summed E-state index contributed by atoms with van der Waals surface area (Å²) < 4.78 is 5.46. The Morgan fingerprint density at radius 1 is 1.35 bits per heavy atom. The number of hydrogen-bond acceptors (Lipinski definition) is 3. The highest BCUT2D eigenvalue weighted by Gasteiger charge is 2.33. The smallest absolute Gasteiger partial charge is 0.0531 e. The van der Waals surface area contributed by atoms with E-state index in [1.165, 1.54) is 32.4 Å². The molecule has 0 aliphatic carbocycles. The molecule has 1 aliphatic heterocycles. The van der Waals surface area contributed by atoms with Crippen LogP contribution in [0.3, 0.4) is 0 Å². The van der Waals surface area contributed by atoms with Crippen LogP contribution in [-0.2, 0) is 4.74 Å². The number of hydrogen-bond donors (Lipinski definition) is 1. The van der Waals surface area contributed by atoms with Crippen molar-refractivity contribution < 1.29 is 4.74 Å². The minimum Gasteiger partial charge on any atom is -0.384 e. The molecular formula is C14H30N2O. The molecule has 0 aromatic heterocycles. The van der Waals surface area contributed by atoms with Crippen LogP contribution in [0.15, 0.2) is 0 Å². The second-order valence-electron chi connectivity index (χ2n) is 5.89. The quantitative estimate of drug-likeness (QED) is 0.739. The maximum Gasteiger partial charge on any atom is 0.0531 e. The van der Waals surface area contributed by atoms with E-state index in [-0.39, 0.29) is 0 Å². The monoisotopic (exact) mass is 242 g/mol. The molecule has 0 radical (unpaired) electrons. The van der Waals surface area contributed by atoms with Gasteiger partial charge in [0.25, 0.3) is 0 Å². The highest BCUT2D eigenvalue weighted by atomic mass is 16.5. The van der Waals surface area contributed by atoms with Crippen LogP contribution in [-0.4, -0.2) is 51.8 Å². The van der Waals surface area contributed by atoms with Crippen molar-refractivity contribution in [3.63, 3.8) is 0 Å². The molecule has 1 aliphatic rings. The molecule has 1 atom stereocenters. The van der Waals surface area contributed by atoms with E-state index in [0.717, 1.165) is 25.6 Å². The zero-order valence-corrected chi connectivity index (χ0v) is 12.1. The Labute approximate surface area is 107 Å². The largest absolute Gasteiger partial charge is 0.384 e. The fourth-order valence-corrected chi connectivity index (χ4v) is 2.91. The summed E-state index contributed by atoms with van der Waals surface area (Å²) in [5, 5.41) is 3.45. The Bertz CT molecular complexity index is 197. The molecule has 1 saturated heterocycles. The Balaban J connectivity index is 2.47. The first-order valence-electron chi connectivity index (χ1n) is 7.00. The summed E-state index contributed by atoms with van der Waals surface area (Å²) in [7, 11) is 4.09. The van der Waals surface area contributed by atoms with E-state index in [9.17, 15) is 0 Å². The van der Waals surface area contributed by atoms with E-state index in [1.54, 1.807) is 0 Å². The molecule has 3 nitrogen and oxygen atoms in total. The fraction of sp³-hybridized carbons (Fsp3) is 1.00. The van der Waals surface area contributed by atoms with Gasteiger partial charge in [0, 0.05) is 25.6 Å². The molecule has 102 valence electrons. The third-order valence-electron chi connectivity index (χ3n) is 4.04. The summed E-state index contributed by atoms with van der Waals surface area (Å²) in [6, 6.07) is 0. The third-order valence-corrected chi connectivity index (χ3v) is 4.04. The molecule has 0 saturated carbocycles. The van der Waals surface area contributed by atoms with Gasteiger partial charge in [0.1, 0.15) is 0 Å². The molecule has 0 aromatic rings. The van der Waals surface area contributed by atoms with Gasteiger partial charge < -0.3 is 15.0 Å². The number of nitrogens with zero attached hydrogens (tertiary/aromatic N) is 1. The topological polar surface area (TPSA) is 24.5 Å². The SMILES string of the molecule is CCC(C)CN(C)CC1(COC)CCNCC1. The van der Waals surface area contributed by atoms with Crippen LogP contribution in [0.2, 0.25) is 0 Å². The average Bonchev–Trinajstić information content (AvgIpc) is 2.29. The molecule has 0 spiro atoms. The number of methoxy groups -OCH3 is 1. The standard InChI is InChI=1S/C14H30N2O/c1-5-13(2)10-16(3)11-14(12-17-4)6-8-15-9-7-14/h13,15H,5-12H2,1-4H3. The van der Waals surface area contributed by atoms with Crippen LogP contribution in [0.25, 0.3) is 0 Å². The normalized spacial score (nSPS) is 21.7. The first-order chi connectivity index (χ1) is 8.12. The molecule has 1 fully saturated rings. The van der Waals surface area contributed by atoms with E-state index in [2.05, 4.69) is 31.1 Å². The molecule has 1 rings (SSSR count). The first-order valence-corrected chi connectivity index (χ1v) is 7.00. The second kappa shape index (κ2) is 7.34. The summed E-state index contributed by atoms with van der Waals surface area (Å²) >= 11 is 0. The Hall–Kier alpha value is -0.120. The van der Waals surface area contributed by atoms with Gasteiger partial charge in [0.05, 0.1) is 6.61 Å². The molecule has 0 amide bonds. The number of piperidine rings is 1. The van der Waals surface area contributed by atoms with Crippen molar-refractivity contribution in [3.05, 3.63) is 0 Å². The van der Waals surface area contributed by atoms with Crippen LogP contribution >= 0.6 is 0 Å². The van der Waals surface area contributed by atoms with E-state index in [4.69, 9.17) is 4.74 Å². The van der Waals surface area contributed by atoms with Crippen LogP contribution in [0.4, 0.5) is 0 Å². The van der Waals surface area contributed by atoms with Crippen molar-refractivity contribution in [3.8, 4) is 0 Å². The van der Waals surface area contributed by atoms with Gasteiger partial charge in [0.15, 0.2) is 0 Å².